The molecule has 0 saturated carbocycles. The van der Waals surface area contributed by atoms with E-state index in [-0.39, 0.29) is 6.42 Å². The molecule has 0 fully saturated rings. The number of hydrogen-bond donors (Lipinski definition) is 4. The van der Waals surface area contributed by atoms with Crippen LogP contribution in [0.5, 0.6) is 0 Å². The Bertz CT molecular complexity index is 878. The first-order valence-electron chi connectivity index (χ1n) is 8.09. The van der Waals surface area contributed by atoms with Crippen LogP contribution in [0.2, 0.25) is 0 Å². The number of amides is 4. The molecule has 148 valence electrons. The summed E-state index contributed by atoms with van der Waals surface area (Å²) in [6.07, 6.45) is 0.120. The molecule has 0 radical (unpaired) electrons. The lowest BCUT2D eigenvalue weighted by molar-refractivity contribution is -0.125. The number of primary amides is 1. The van der Waals surface area contributed by atoms with Crippen molar-refractivity contribution in [3.63, 3.8) is 0 Å². The Morgan fingerprint density at radius 1 is 0.964 bits per heavy atom. The van der Waals surface area contributed by atoms with E-state index < -0.39 is 53.6 Å². The smallest absolute Gasteiger partial charge is 0.312 e. The normalized spacial score (nSPS) is 11.4. The fraction of sp³-hybridized carbons (Fsp3) is 0.167. The highest BCUT2D eigenvalue weighted by Gasteiger charge is 2.21. The molecule has 4 amide bonds. The molecule has 2 aromatic carbocycles. The highest BCUT2D eigenvalue weighted by atomic mass is 19.2. The van der Waals surface area contributed by atoms with Gasteiger partial charge in [0.15, 0.2) is 17.5 Å². The van der Waals surface area contributed by atoms with E-state index in [0.29, 0.717) is 6.07 Å². The average Bonchev–Trinajstić information content (AvgIpc) is 2.66. The molecular formula is C18H17F3N4O3. The predicted molar refractivity (Wildman–Crippen MR) is 94.6 cm³/mol. The van der Waals surface area contributed by atoms with Crippen molar-refractivity contribution in [2.24, 2.45) is 5.73 Å². The largest absolute Gasteiger partial charge is 0.352 e. The van der Waals surface area contributed by atoms with Gasteiger partial charge in [0.05, 0.1) is 12.2 Å². The Morgan fingerprint density at radius 2 is 1.64 bits per heavy atom. The minimum absolute atomic E-state index is 0.120. The van der Waals surface area contributed by atoms with E-state index in [1.807, 2.05) is 5.32 Å². The molecule has 7 nitrogen and oxygen atoms in total. The maximum atomic E-state index is 13.6. The van der Waals surface area contributed by atoms with Gasteiger partial charge in [-0.25, -0.2) is 18.0 Å². The number of nitrogens with one attached hydrogen (secondary N) is 3. The molecule has 2 rings (SSSR count). The molecule has 0 bridgehead atoms. The van der Waals surface area contributed by atoms with Gasteiger partial charge in [-0.15, -0.1) is 0 Å². The second kappa shape index (κ2) is 9.40. The second-order valence-electron chi connectivity index (χ2n) is 5.74. The first-order chi connectivity index (χ1) is 13.3. The third-order valence-electron chi connectivity index (χ3n) is 3.65. The van der Waals surface area contributed by atoms with E-state index in [1.165, 1.54) is 0 Å². The van der Waals surface area contributed by atoms with Crippen LogP contribution in [0, 0.1) is 17.5 Å². The van der Waals surface area contributed by atoms with Crippen molar-refractivity contribution in [2.75, 3.05) is 11.9 Å². The molecular weight excluding hydrogens is 377 g/mol. The van der Waals surface area contributed by atoms with Crippen molar-refractivity contribution >= 4 is 23.5 Å². The van der Waals surface area contributed by atoms with Gasteiger partial charge in [0, 0.05) is 6.42 Å². The van der Waals surface area contributed by atoms with Crippen LogP contribution in [0.15, 0.2) is 42.5 Å². The quantitative estimate of drug-likeness (QED) is 0.533. The first-order valence-corrected chi connectivity index (χ1v) is 8.09. The van der Waals surface area contributed by atoms with E-state index in [9.17, 15) is 27.6 Å². The van der Waals surface area contributed by atoms with Crippen LogP contribution in [0.25, 0.3) is 0 Å². The topological polar surface area (TPSA) is 113 Å². The molecule has 1 atom stereocenters. The molecule has 0 spiro atoms. The summed E-state index contributed by atoms with van der Waals surface area (Å²) in [6.45, 7) is -0.594. The molecule has 0 aromatic heterocycles. The molecule has 0 aliphatic carbocycles. The van der Waals surface area contributed by atoms with Crippen LogP contribution in [0.4, 0.5) is 23.7 Å². The van der Waals surface area contributed by atoms with Crippen LogP contribution < -0.4 is 21.7 Å². The van der Waals surface area contributed by atoms with Gasteiger partial charge in [-0.05, 0) is 17.7 Å². The SMILES string of the molecule is NC(=O)N[C@H](Cc1ccccc1)C(=O)NCC(=O)Nc1ccc(F)c(F)c1F. The van der Waals surface area contributed by atoms with Crippen LogP contribution in [0.3, 0.4) is 0 Å². The van der Waals surface area contributed by atoms with Crippen LogP contribution in [0.1, 0.15) is 5.56 Å². The van der Waals surface area contributed by atoms with Crippen molar-refractivity contribution in [1.82, 2.24) is 10.6 Å². The fourth-order valence-electron chi connectivity index (χ4n) is 2.34. The highest BCUT2D eigenvalue weighted by Crippen LogP contribution is 2.19. The fourth-order valence-corrected chi connectivity index (χ4v) is 2.34. The zero-order valence-electron chi connectivity index (χ0n) is 14.5. The number of rotatable bonds is 7. The van der Waals surface area contributed by atoms with Gasteiger partial charge < -0.3 is 21.7 Å². The second-order valence-corrected chi connectivity index (χ2v) is 5.74. The summed E-state index contributed by atoms with van der Waals surface area (Å²) in [5.41, 5.74) is 5.23. The summed E-state index contributed by atoms with van der Waals surface area (Å²) >= 11 is 0. The van der Waals surface area contributed by atoms with Crippen molar-refractivity contribution in [1.29, 1.82) is 0 Å². The van der Waals surface area contributed by atoms with Gasteiger partial charge in [-0.1, -0.05) is 30.3 Å². The number of benzene rings is 2. The molecule has 10 heteroatoms. The average molecular weight is 394 g/mol. The van der Waals surface area contributed by atoms with E-state index in [2.05, 4.69) is 10.6 Å². The van der Waals surface area contributed by atoms with E-state index >= 15 is 0 Å². The Kier molecular flexibility index (Phi) is 6.96. The number of urea groups is 1. The van der Waals surface area contributed by atoms with Gasteiger partial charge in [-0.3, -0.25) is 9.59 Å². The first kappa shape index (κ1) is 20.7. The number of carbonyl (C=O) groups excluding carboxylic acids is 3. The number of carbonyl (C=O) groups is 3. The van der Waals surface area contributed by atoms with Crippen molar-refractivity contribution in [2.45, 2.75) is 12.5 Å². The molecule has 2 aromatic rings. The van der Waals surface area contributed by atoms with Crippen LogP contribution >= 0.6 is 0 Å². The molecule has 0 saturated heterocycles. The summed E-state index contributed by atoms with van der Waals surface area (Å²) in [6, 6.07) is 8.28. The summed E-state index contributed by atoms with van der Waals surface area (Å²) in [5, 5.41) is 6.55. The number of hydrogen-bond acceptors (Lipinski definition) is 3. The van der Waals surface area contributed by atoms with Crippen molar-refractivity contribution in [3.05, 3.63) is 65.5 Å². The predicted octanol–water partition coefficient (Wildman–Crippen LogP) is 1.44. The van der Waals surface area contributed by atoms with Gasteiger partial charge in [0.1, 0.15) is 6.04 Å². The Balaban J connectivity index is 1.96. The molecule has 0 aliphatic rings. The van der Waals surface area contributed by atoms with E-state index in [4.69, 9.17) is 5.73 Å². The minimum atomic E-state index is -1.73. The Hall–Kier alpha value is -3.56. The molecule has 5 N–H and O–H groups in total. The molecule has 0 unspecified atom stereocenters. The lowest BCUT2D eigenvalue weighted by Gasteiger charge is -2.17. The maximum Gasteiger partial charge on any atom is 0.312 e. The molecule has 28 heavy (non-hydrogen) atoms. The zero-order chi connectivity index (χ0) is 20.7. The van der Waals surface area contributed by atoms with Gasteiger partial charge in [0.2, 0.25) is 11.8 Å². The Morgan fingerprint density at radius 3 is 2.29 bits per heavy atom. The zero-order valence-corrected chi connectivity index (χ0v) is 14.5. The highest BCUT2D eigenvalue weighted by molar-refractivity contribution is 5.96. The van der Waals surface area contributed by atoms with Crippen LogP contribution in [-0.4, -0.2) is 30.4 Å². The number of nitrogens with two attached hydrogens (primary N) is 1. The summed E-state index contributed by atoms with van der Waals surface area (Å²) in [5.74, 6) is -6.27. The maximum absolute atomic E-state index is 13.6. The molecule has 0 aliphatic heterocycles. The Labute approximate surface area is 158 Å². The summed E-state index contributed by atoms with van der Waals surface area (Å²) in [4.78, 5) is 35.2. The van der Waals surface area contributed by atoms with Gasteiger partial charge >= 0.3 is 6.03 Å². The number of halogens is 3. The minimum Gasteiger partial charge on any atom is -0.352 e. The van der Waals surface area contributed by atoms with Gasteiger partial charge in [-0.2, -0.15) is 0 Å². The van der Waals surface area contributed by atoms with E-state index in [1.54, 1.807) is 30.3 Å². The third kappa shape index (κ3) is 5.73. The van der Waals surface area contributed by atoms with Crippen molar-refractivity contribution in [3.8, 4) is 0 Å². The molecule has 0 heterocycles. The lowest BCUT2D eigenvalue weighted by Crippen LogP contribution is -2.51. The van der Waals surface area contributed by atoms with Crippen LogP contribution in [-0.2, 0) is 16.0 Å². The number of anilines is 1. The van der Waals surface area contributed by atoms with Gasteiger partial charge in [0.25, 0.3) is 0 Å². The van der Waals surface area contributed by atoms with Crippen molar-refractivity contribution < 1.29 is 27.6 Å². The third-order valence-corrected chi connectivity index (χ3v) is 3.65. The summed E-state index contributed by atoms with van der Waals surface area (Å²) in [7, 11) is 0. The standard InChI is InChI=1S/C18H17F3N4O3/c19-11-6-7-12(16(21)15(11)20)24-14(26)9-23-17(27)13(25-18(22)28)8-10-4-2-1-3-5-10/h1-7,13H,8-9H2,(H,23,27)(H,24,26)(H3,22,25,28)/t13-/m1/s1. The van der Waals surface area contributed by atoms with E-state index in [0.717, 1.165) is 11.6 Å². The monoisotopic (exact) mass is 394 g/mol. The summed E-state index contributed by atoms with van der Waals surface area (Å²) < 4.78 is 39.6. The lowest BCUT2D eigenvalue weighted by atomic mass is 10.1.